The largest absolute Gasteiger partial charge is 0.213 e. The molecule has 1 rings (SSSR count). The van der Waals surface area contributed by atoms with Crippen molar-refractivity contribution in [2.24, 2.45) is 0 Å². The summed E-state index contributed by atoms with van der Waals surface area (Å²) in [6.07, 6.45) is 1.97. The fraction of sp³-hybridized carbons (Fsp3) is 0.455. The van der Waals surface area contributed by atoms with Crippen LogP contribution in [0.1, 0.15) is 12.5 Å². The number of hydrogen-bond donors (Lipinski definition) is 0. The first kappa shape index (κ1) is 12.2. The van der Waals surface area contributed by atoms with Crippen LogP contribution in [-0.2, 0) is 16.4 Å². The zero-order valence-electron chi connectivity index (χ0n) is 9.34. The maximum atomic E-state index is 11.3. The smallest absolute Gasteiger partial charge is 0.211 e. The van der Waals surface area contributed by atoms with E-state index >= 15 is 0 Å². The molecule has 0 aliphatic rings. The molecule has 0 N–H and O–H groups in total. The molecule has 0 fully saturated rings. The van der Waals surface area contributed by atoms with Crippen LogP contribution in [0, 0.1) is 0 Å². The van der Waals surface area contributed by atoms with Crippen LogP contribution in [0.3, 0.4) is 0 Å². The van der Waals surface area contributed by atoms with Crippen molar-refractivity contribution in [3.05, 3.63) is 35.9 Å². The molecule has 1 aromatic rings. The van der Waals surface area contributed by atoms with Gasteiger partial charge in [0.15, 0.2) is 0 Å². The molecule has 15 heavy (non-hydrogen) atoms. The molecule has 1 unspecified atom stereocenters. The number of benzene rings is 1. The van der Waals surface area contributed by atoms with Gasteiger partial charge in [0.25, 0.3) is 0 Å². The quantitative estimate of drug-likeness (QED) is 0.782. The molecule has 3 nitrogen and oxygen atoms in total. The number of hydrogen-bond acceptors (Lipinski definition) is 2. The molecule has 0 spiro atoms. The molecule has 0 saturated heterocycles. The average molecular weight is 227 g/mol. The summed E-state index contributed by atoms with van der Waals surface area (Å²) in [6.45, 7) is 1.91. The minimum absolute atomic E-state index is 0.0117. The van der Waals surface area contributed by atoms with Crippen LogP contribution < -0.4 is 0 Å². The Kier molecular flexibility index (Phi) is 3.88. The van der Waals surface area contributed by atoms with Gasteiger partial charge in [-0.3, -0.25) is 0 Å². The Labute approximate surface area is 91.8 Å². The van der Waals surface area contributed by atoms with E-state index in [-0.39, 0.29) is 6.04 Å². The van der Waals surface area contributed by atoms with Gasteiger partial charge >= 0.3 is 0 Å². The number of likely N-dealkylation sites (N-methyl/N-ethyl adjacent to an activating group) is 1. The summed E-state index contributed by atoms with van der Waals surface area (Å²) in [4.78, 5) is 0. The third kappa shape index (κ3) is 3.64. The summed E-state index contributed by atoms with van der Waals surface area (Å²) in [5, 5.41) is 0. The molecule has 1 aromatic carbocycles. The number of sulfonamides is 1. The molecule has 0 aromatic heterocycles. The van der Waals surface area contributed by atoms with Crippen LogP contribution in [0.25, 0.3) is 0 Å². The summed E-state index contributed by atoms with van der Waals surface area (Å²) in [5.41, 5.74) is 1.15. The van der Waals surface area contributed by atoms with Crippen LogP contribution in [0.15, 0.2) is 30.3 Å². The average Bonchev–Trinajstić information content (AvgIpc) is 2.16. The van der Waals surface area contributed by atoms with E-state index in [1.54, 1.807) is 7.05 Å². The van der Waals surface area contributed by atoms with Gasteiger partial charge in [0.1, 0.15) is 0 Å². The van der Waals surface area contributed by atoms with Gasteiger partial charge in [-0.25, -0.2) is 12.7 Å². The van der Waals surface area contributed by atoms with E-state index < -0.39 is 10.0 Å². The van der Waals surface area contributed by atoms with E-state index in [1.807, 2.05) is 37.3 Å². The monoisotopic (exact) mass is 227 g/mol. The Hall–Kier alpha value is -0.870. The summed E-state index contributed by atoms with van der Waals surface area (Å²) >= 11 is 0. The topological polar surface area (TPSA) is 37.4 Å². The Morgan fingerprint density at radius 3 is 2.27 bits per heavy atom. The summed E-state index contributed by atoms with van der Waals surface area (Å²) < 4.78 is 24.0. The van der Waals surface area contributed by atoms with Gasteiger partial charge in [-0.05, 0) is 18.9 Å². The minimum Gasteiger partial charge on any atom is -0.213 e. The third-order valence-electron chi connectivity index (χ3n) is 2.52. The maximum Gasteiger partial charge on any atom is 0.211 e. The second kappa shape index (κ2) is 4.77. The SMILES string of the molecule is CC(Cc1ccccc1)N(C)S(C)(=O)=O. The van der Waals surface area contributed by atoms with E-state index in [1.165, 1.54) is 10.6 Å². The Morgan fingerprint density at radius 2 is 1.80 bits per heavy atom. The molecule has 4 heteroatoms. The molecule has 0 aliphatic carbocycles. The normalized spacial score (nSPS) is 14.1. The van der Waals surface area contributed by atoms with Crippen molar-refractivity contribution in [2.75, 3.05) is 13.3 Å². The maximum absolute atomic E-state index is 11.3. The zero-order valence-corrected chi connectivity index (χ0v) is 10.2. The van der Waals surface area contributed by atoms with Crippen molar-refractivity contribution in [2.45, 2.75) is 19.4 Å². The standard InChI is InChI=1S/C11H17NO2S/c1-10(12(2)15(3,13)14)9-11-7-5-4-6-8-11/h4-8,10H,9H2,1-3H3. The van der Waals surface area contributed by atoms with E-state index in [0.29, 0.717) is 0 Å². The number of rotatable bonds is 4. The molecule has 0 saturated carbocycles. The Balaban J connectivity index is 2.68. The molecular weight excluding hydrogens is 210 g/mol. The second-order valence-electron chi connectivity index (χ2n) is 3.82. The van der Waals surface area contributed by atoms with Gasteiger partial charge in [-0.1, -0.05) is 30.3 Å². The Morgan fingerprint density at radius 1 is 1.27 bits per heavy atom. The van der Waals surface area contributed by atoms with Crippen LogP contribution in [-0.4, -0.2) is 32.1 Å². The third-order valence-corrected chi connectivity index (χ3v) is 3.92. The summed E-state index contributed by atoms with van der Waals surface area (Å²) in [6, 6.07) is 9.88. The van der Waals surface area contributed by atoms with Crippen molar-refractivity contribution >= 4 is 10.0 Å². The predicted octanol–water partition coefficient (Wildman–Crippen LogP) is 1.51. The van der Waals surface area contributed by atoms with Gasteiger partial charge in [-0.2, -0.15) is 0 Å². The van der Waals surface area contributed by atoms with Crippen molar-refractivity contribution in [3.8, 4) is 0 Å². The molecule has 1 atom stereocenters. The number of nitrogens with zero attached hydrogens (tertiary/aromatic N) is 1. The first-order valence-corrected chi connectivity index (χ1v) is 6.73. The van der Waals surface area contributed by atoms with Gasteiger partial charge in [0.05, 0.1) is 6.26 Å². The van der Waals surface area contributed by atoms with Crippen molar-refractivity contribution < 1.29 is 8.42 Å². The molecular formula is C11H17NO2S. The fourth-order valence-electron chi connectivity index (χ4n) is 1.41. The highest BCUT2D eigenvalue weighted by molar-refractivity contribution is 7.88. The van der Waals surface area contributed by atoms with Crippen LogP contribution >= 0.6 is 0 Å². The molecule has 0 amide bonds. The van der Waals surface area contributed by atoms with E-state index in [0.717, 1.165) is 12.0 Å². The van der Waals surface area contributed by atoms with Crippen molar-refractivity contribution in [3.63, 3.8) is 0 Å². The van der Waals surface area contributed by atoms with E-state index in [2.05, 4.69) is 0 Å². The second-order valence-corrected chi connectivity index (χ2v) is 5.86. The lowest BCUT2D eigenvalue weighted by molar-refractivity contribution is 0.390. The molecule has 0 bridgehead atoms. The minimum atomic E-state index is -3.09. The van der Waals surface area contributed by atoms with E-state index in [9.17, 15) is 8.42 Å². The van der Waals surface area contributed by atoms with E-state index in [4.69, 9.17) is 0 Å². The molecule has 84 valence electrons. The predicted molar refractivity (Wildman–Crippen MR) is 62.2 cm³/mol. The first-order chi connectivity index (χ1) is 6.91. The van der Waals surface area contributed by atoms with Gasteiger partial charge in [-0.15, -0.1) is 0 Å². The lowest BCUT2D eigenvalue weighted by Crippen LogP contribution is -2.35. The van der Waals surface area contributed by atoms with Crippen LogP contribution in [0.2, 0.25) is 0 Å². The fourth-order valence-corrected chi connectivity index (χ4v) is 2.14. The van der Waals surface area contributed by atoms with Gasteiger partial charge < -0.3 is 0 Å². The molecule has 0 aliphatic heterocycles. The lowest BCUT2D eigenvalue weighted by atomic mass is 10.1. The van der Waals surface area contributed by atoms with Gasteiger partial charge in [0, 0.05) is 13.1 Å². The van der Waals surface area contributed by atoms with Crippen molar-refractivity contribution in [1.29, 1.82) is 0 Å². The van der Waals surface area contributed by atoms with Crippen LogP contribution in [0.4, 0.5) is 0 Å². The Bertz CT molecular complexity index is 400. The highest BCUT2D eigenvalue weighted by atomic mass is 32.2. The zero-order chi connectivity index (χ0) is 11.5. The molecule has 0 radical (unpaired) electrons. The van der Waals surface area contributed by atoms with Crippen LogP contribution in [0.5, 0.6) is 0 Å². The van der Waals surface area contributed by atoms with Gasteiger partial charge in [0.2, 0.25) is 10.0 Å². The lowest BCUT2D eigenvalue weighted by Gasteiger charge is -2.22. The van der Waals surface area contributed by atoms with Crippen molar-refractivity contribution in [1.82, 2.24) is 4.31 Å². The first-order valence-electron chi connectivity index (χ1n) is 4.88. The summed E-state index contributed by atoms with van der Waals surface area (Å²) in [7, 11) is -1.47. The molecule has 0 heterocycles. The highest BCUT2D eigenvalue weighted by Crippen LogP contribution is 2.09. The summed E-state index contributed by atoms with van der Waals surface area (Å²) in [5.74, 6) is 0. The highest BCUT2D eigenvalue weighted by Gasteiger charge is 2.18.